The number of hydrogen-bond acceptors (Lipinski definition) is 4. The van der Waals surface area contributed by atoms with Crippen LogP contribution in [0.25, 0.3) is 0 Å². The molecule has 2 rings (SSSR count). The molecule has 1 aliphatic carbocycles. The van der Waals surface area contributed by atoms with Crippen molar-refractivity contribution in [1.82, 2.24) is 4.31 Å². The first-order chi connectivity index (χ1) is 9.93. The van der Waals surface area contributed by atoms with Crippen LogP contribution in [0.15, 0.2) is 23.1 Å². The highest BCUT2D eigenvalue weighted by Crippen LogP contribution is 2.31. The summed E-state index contributed by atoms with van der Waals surface area (Å²) in [6.07, 6.45) is 6.15. The maximum Gasteiger partial charge on any atom is 0.244 e. The molecule has 1 saturated carbocycles. The van der Waals surface area contributed by atoms with Crippen LogP contribution in [0.4, 0.5) is 5.69 Å². The van der Waals surface area contributed by atoms with E-state index >= 15 is 0 Å². The van der Waals surface area contributed by atoms with Crippen molar-refractivity contribution >= 4 is 15.7 Å². The molecule has 0 bridgehead atoms. The van der Waals surface area contributed by atoms with Crippen LogP contribution in [-0.4, -0.2) is 33.4 Å². The van der Waals surface area contributed by atoms with Gasteiger partial charge in [-0.3, -0.25) is 0 Å². The van der Waals surface area contributed by atoms with Crippen LogP contribution >= 0.6 is 0 Å². The second kappa shape index (κ2) is 6.66. The maximum atomic E-state index is 12.2. The topological polar surface area (TPSA) is 72.6 Å². The van der Waals surface area contributed by atoms with Crippen molar-refractivity contribution in [1.29, 1.82) is 0 Å². The van der Waals surface area contributed by atoms with E-state index in [-0.39, 0.29) is 10.6 Å². The second-order valence-electron chi connectivity index (χ2n) is 5.77. The van der Waals surface area contributed by atoms with Gasteiger partial charge in [0.25, 0.3) is 0 Å². The lowest BCUT2D eigenvalue weighted by Crippen LogP contribution is -2.23. The van der Waals surface area contributed by atoms with Crippen molar-refractivity contribution < 1.29 is 13.2 Å². The van der Waals surface area contributed by atoms with Gasteiger partial charge in [-0.15, -0.1) is 0 Å². The third kappa shape index (κ3) is 3.68. The fourth-order valence-electron chi connectivity index (χ4n) is 2.63. The third-order valence-electron chi connectivity index (χ3n) is 3.98. The van der Waals surface area contributed by atoms with Gasteiger partial charge in [-0.25, -0.2) is 12.7 Å². The minimum absolute atomic E-state index is 0.105. The van der Waals surface area contributed by atoms with Gasteiger partial charge in [0.05, 0.1) is 12.3 Å². The number of hydrogen-bond donors (Lipinski definition) is 1. The summed E-state index contributed by atoms with van der Waals surface area (Å²) in [6.45, 7) is 0.607. The highest BCUT2D eigenvalue weighted by molar-refractivity contribution is 7.89. The Balaban J connectivity index is 2.14. The molecule has 21 heavy (non-hydrogen) atoms. The third-order valence-corrected chi connectivity index (χ3v) is 5.86. The van der Waals surface area contributed by atoms with Crippen LogP contribution in [0.3, 0.4) is 0 Å². The van der Waals surface area contributed by atoms with Crippen molar-refractivity contribution in [2.75, 3.05) is 26.4 Å². The summed E-state index contributed by atoms with van der Waals surface area (Å²) in [5.41, 5.74) is 6.19. The average Bonchev–Trinajstić information content (AvgIpc) is 2.47. The first kappa shape index (κ1) is 16.1. The molecule has 2 N–H and O–H groups in total. The Kier molecular flexibility index (Phi) is 5.11. The molecule has 0 unspecified atom stereocenters. The van der Waals surface area contributed by atoms with E-state index in [1.54, 1.807) is 12.1 Å². The molecule has 1 aliphatic rings. The van der Waals surface area contributed by atoms with Gasteiger partial charge in [0.15, 0.2) is 0 Å². The zero-order chi connectivity index (χ0) is 15.5. The molecule has 0 atom stereocenters. The van der Waals surface area contributed by atoms with E-state index in [1.165, 1.54) is 52.3 Å². The van der Waals surface area contributed by atoms with E-state index in [2.05, 4.69) is 0 Å². The molecular formula is C15H24N2O3S. The summed E-state index contributed by atoms with van der Waals surface area (Å²) in [6, 6.07) is 4.91. The van der Waals surface area contributed by atoms with Crippen LogP contribution in [0, 0.1) is 5.92 Å². The number of sulfonamides is 1. The van der Waals surface area contributed by atoms with E-state index < -0.39 is 10.0 Å². The minimum atomic E-state index is -3.54. The van der Waals surface area contributed by atoms with E-state index in [0.29, 0.717) is 18.3 Å². The Morgan fingerprint density at radius 3 is 2.52 bits per heavy atom. The first-order valence-corrected chi connectivity index (χ1v) is 8.80. The van der Waals surface area contributed by atoms with Gasteiger partial charge < -0.3 is 10.5 Å². The van der Waals surface area contributed by atoms with E-state index in [1.807, 2.05) is 0 Å². The van der Waals surface area contributed by atoms with Gasteiger partial charge >= 0.3 is 0 Å². The van der Waals surface area contributed by atoms with Crippen LogP contribution in [-0.2, 0) is 10.0 Å². The number of benzene rings is 1. The summed E-state index contributed by atoms with van der Waals surface area (Å²) in [5.74, 6) is 1.01. The number of rotatable bonds is 5. The largest absolute Gasteiger partial charge is 0.491 e. The molecule has 0 amide bonds. The van der Waals surface area contributed by atoms with Gasteiger partial charge in [0.2, 0.25) is 10.0 Å². The Labute approximate surface area is 127 Å². The van der Waals surface area contributed by atoms with Crippen molar-refractivity contribution in [3.63, 3.8) is 0 Å². The number of nitrogen functional groups attached to an aromatic ring is 1. The fourth-order valence-corrected chi connectivity index (χ4v) is 3.66. The molecule has 0 aromatic heterocycles. The maximum absolute atomic E-state index is 12.2. The fraction of sp³-hybridized carbons (Fsp3) is 0.600. The van der Waals surface area contributed by atoms with Crippen molar-refractivity contribution in [2.24, 2.45) is 5.92 Å². The van der Waals surface area contributed by atoms with E-state index in [4.69, 9.17) is 10.5 Å². The molecule has 5 nitrogen and oxygen atoms in total. The smallest absolute Gasteiger partial charge is 0.244 e. The Morgan fingerprint density at radius 1 is 1.24 bits per heavy atom. The van der Waals surface area contributed by atoms with E-state index in [9.17, 15) is 8.42 Å². The molecular weight excluding hydrogens is 288 g/mol. The highest BCUT2D eigenvalue weighted by Gasteiger charge is 2.22. The van der Waals surface area contributed by atoms with Gasteiger partial charge in [-0.1, -0.05) is 25.3 Å². The average molecular weight is 312 g/mol. The van der Waals surface area contributed by atoms with Crippen LogP contribution in [0.1, 0.15) is 32.1 Å². The van der Waals surface area contributed by atoms with Gasteiger partial charge in [-0.2, -0.15) is 0 Å². The van der Waals surface area contributed by atoms with Gasteiger partial charge in [0, 0.05) is 14.1 Å². The summed E-state index contributed by atoms with van der Waals surface area (Å²) < 4.78 is 31.3. The molecule has 1 aromatic carbocycles. The number of nitrogens with zero attached hydrogens (tertiary/aromatic N) is 1. The number of ether oxygens (including phenoxy) is 1. The Bertz CT molecular complexity index is 579. The van der Waals surface area contributed by atoms with Crippen LogP contribution < -0.4 is 10.5 Å². The predicted molar refractivity (Wildman–Crippen MR) is 83.8 cm³/mol. The van der Waals surface area contributed by atoms with Crippen LogP contribution in [0.5, 0.6) is 5.75 Å². The standard InChI is InChI=1S/C15H24N2O3S/c1-17(2)21(18,19)14-10-6-9-13(15(14)16)20-11-12-7-4-3-5-8-12/h6,9-10,12H,3-5,7-8,11,16H2,1-2H3. The molecule has 0 saturated heterocycles. The normalized spacial score (nSPS) is 17.1. The number of para-hydroxylation sites is 1. The highest BCUT2D eigenvalue weighted by atomic mass is 32.2. The van der Waals surface area contributed by atoms with Crippen molar-refractivity contribution in [2.45, 2.75) is 37.0 Å². The molecule has 0 spiro atoms. The second-order valence-corrected chi connectivity index (χ2v) is 7.89. The molecule has 1 aromatic rings. The molecule has 6 heteroatoms. The monoisotopic (exact) mass is 312 g/mol. The number of nitrogens with two attached hydrogens (primary N) is 1. The zero-order valence-electron chi connectivity index (χ0n) is 12.7. The summed E-state index contributed by atoms with van der Waals surface area (Å²) >= 11 is 0. The minimum Gasteiger partial charge on any atom is -0.491 e. The lowest BCUT2D eigenvalue weighted by atomic mass is 9.90. The quantitative estimate of drug-likeness (QED) is 0.848. The summed E-state index contributed by atoms with van der Waals surface area (Å²) in [5, 5.41) is 0. The van der Waals surface area contributed by atoms with E-state index in [0.717, 1.165) is 4.31 Å². The molecule has 0 radical (unpaired) electrons. The summed E-state index contributed by atoms with van der Waals surface area (Å²) in [4.78, 5) is 0.105. The van der Waals surface area contributed by atoms with Crippen molar-refractivity contribution in [3.05, 3.63) is 18.2 Å². The SMILES string of the molecule is CN(C)S(=O)(=O)c1cccc(OCC2CCCCC2)c1N. The predicted octanol–water partition coefficient (Wildman–Crippen LogP) is 2.48. The lowest BCUT2D eigenvalue weighted by molar-refractivity contribution is 0.209. The van der Waals surface area contributed by atoms with Gasteiger partial charge in [0.1, 0.15) is 10.6 Å². The molecule has 1 fully saturated rings. The molecule has 0 heterocycles. The number of anilines is 1. The first-order valence-electron chi connectivity index (χ1n) is 7.36. The molecule has 118 valence electrons. The van der Waals surface area contributed by atoms with Crippen LogP contribution in [0.2, 0.25) is 0 Å². The zero-order valence-corrected chi connectivity index (χ0v) is 13.5. The Hall–Kier alpha value is -1.27. The lowest BCUT2D eigenvalue weighted by Gasteiger charge is -2.22. The van der Waals surface area contributed by atoms with Crippen molar-refractivity contribution in [3.8, 4) is 5.75 Å². The molecule has 0 aliphatic heterocycles. The Morgan fingerprint density at radius 2 is 1.90 bits per heavy atom. The summed E-state index contributed by atoms with van der Waals surface area (Å²) in [7, 11) is -0.564. The van der Waals surface area contributed by atoms with Gasteiger partial charge in [-0.05, 0) is 30.9 Å².